The Morgan fingerprint density at radius 1 is 1.15 bits per heavy atom. The molecule has 2 aromatic carbocycles. The van der Waals surface area contributed by atoms with E-state index in [1.807, 2.05) is 36.4 Å². The van der Waals surface area contributed by atoms with Crippen molar-refractivity contribution < 1.29 is 9.53 Å². The maximum atomic E-state index is 11.9. The molecule has 1 N–H and O–H groups in total. The minimum Gasteiger partial charge on any atom is -0.495 e. The Hall–Kier alpha value is -2.07. The minimum absolute atomic E-state index is 0.197. The molecule has 4 heteroatoms. The lowest BCUT2D eigenvalue weighted by atomic mass is 10.2. The van der Waals surface area contributed by atoms with E-state index < -0.39 is 0 Å². The number of benzene rings is 2. The molecule has 0 heterocycles. The van der Waals surface area contributed by atoms with Crippen molar-refractivity contribution in [3.63, 3.8) is 0 Å². The van der Waals surface area contributed by atoms with Crippen molar-refractivity contribution in [1.82, 2.24) is 0 Å². The van der Waals surface area contributed by atoms with Gasteiger partial charge in [0.05, 0.1) is 12.8 Å². The van der Waals surface area contributed by atoms with Gasteiger partial charge in [-0.2, -0.15) is 0 Å². The van der Waals surface area contributed by atoms with Crippen LogP contribution in [0.15, 0.2) is 59.1 Å². The van der Waals surface area contributed by atoms with Gasteiger partial charge in [0.25, 0.3) is 0 Å². The first-order valence-corrected chi connectivity index (χ1v) is 6.86. The molecule has 20 heavy (non-hydrogen) atoms. The van der Waals surface area contributed by atoms with Crippen molar-refractivity contribution in [1.29, 1.82) is 0 Å². The van der Waals surface area contributed by atoms with E-state index >= 15 is 0 Å². The summed E-state index contributed by atoms with van der Waals surface area (Å²) in [7, 11) is 1.57. The molecule has 0 aliphatic heterocycles. The largest absolute Gasteiger partial charge is 0.495 e. The number of hydrogen-bond acceptors (Lipinski definition) is 2. The first-order valence-electron chi connectivity index (χ1n) is 6.06. The first kappa shape index (κ1) is 14.3. The summed E-state index contributed by atoms with van der Waals surface area (Å²) >= 11 is 3.37. The Bertz CT molecular complexity index is 621. The molecule has 0 atom stereocenters. The molecule has 0 bridgehead atoms. The number of hydrogen-bond donors (Lipinski definition) is 1. The zero-order valence-electron chi connectivity index (χ0n) is 11.0. The van der Waals surface area contributed by atoms with Gasteiger partial charge >= 0.3 is 0 Å². The zero-order valence-corrected chi connectivity index (χ0v) is 12.6. The van der Waals surface area contributed by atoms with Crippen LogP contribution < -0.4 is 10.1 Å². The number of nitrogens with one attached hydrogen (secondary N) is 1. The van der Waals surface area contributed by atoms with Crippen molar-refractivity contribution >= 4 is 33.6 Å². The van der Waals surface area contributed by atoms with Crippen LogP contribution in [0.5, 0.6) is 5.75 Å². The van der Waals surface area contributed by atoms with Gasteiger partial charge in [-0.1, -0.05) is 40.2 Å². The van der Waals surface area contributed by atoms with Crippen LogP contribution >= 0.6 is 15.9 Å². The molecule has 0 radical (unpaired) electrons. The van der Waals surface area contributed by atoms with Crippen LogP contribution in [0.2, 0.25) is 0 Å². The normalized spacial score (nSPS) is 10.5. The number of rotatable bonds is 4. The number of para-hydroxylation sites is 2. The standard InChI is InChI=1S/C16H14BrNO2/c1-20-15-5-3-2-4-14(15)18-16(19)11-8-12-6-9-13(17)10-7-12/h2-11H,1H3,(H,18,19)/b11-8+. The van der Waals surface area contributed by atoms with Crippen molar-refractivity contribution in [3.8, 4) is 5.75 Å². The number of carbonyl (C=O) groups excluding carboxylic acids is 1. The third-order valence-corrected chi connectivity index (χ3v) is 3.19. The quantitative estimate of drug-likeness (QED) is 0.856. The fourth-order valence-corrected chi connectivity index (χ4v) is 1.93. The Kier molecular flexibility index (Phi) is 4.96. The van der Waals surface area contributed by atoms with E-state index in [2.05, 4.69) is 21.2 Å². The average Bonchev–Trinajstić information content (AvgIpc) is 2.47. The molecule has 0 unspecified atom stereocenters. The SMILES string of the molecule is COc1ccccc1NC(=O)/C=C/c1ccc(Br)cc1. The van der Waals surface area contributed by atoms with Gasteiger partial charge in [0.1, 0.15) is 5.75 Å². The van der Waals surface area contributed by atoms with E-state index in [1.54, 1.807) is 25.3 Å². The van der Waals surface area contributed by atoms with Crippen LogP contribution in [-0.4, -0.2) is 13.0 Å². The van der Waals surface area contributed by atoms with Crippen molar-refractivity contribution in [2.45, 2.75) is 0 Å². The van der Waals surface area contributed by atoms with E-state index in [4.69, 9.17) is 4.74 Å². The van der Waals surface area contributed by atoms with E-state index in [0.29, 0.717) is 11.4 Å². The number of amides is 1. The summed E-state index contributed by atoms with van der Waals surface area (Å²) in [5, 5.41) is 2.78. The Morgan fingerprint density at radius 2 is 1.85 bits per heavy atom. The maximum absolute atomic E-state index is 11.9. The van der Waals surface area contributed by atoms with Crippen molar-refractivity contribution in [2.75, 3.05) is 12.4 Å². The fraction of sp³-hybridized carbons (Fsp3) is 0.0625. The minimum atomic E-state index is -0.197. The molecular weight excluding hydrogens is 318 g/mol. The summed E-state index contributed by atoms with van der Waals surface area (Å²) in [6, 6.07) is 15.0. The highest BCUT2D eigenvalue weighted by Crippen LogP contribution is 2.22. The molecule has 1 amide bonds. The van der Waals surface area contributed by atoms with Crippen LogP contribution in [0, 0.1) is 0 Å². The first-order chi connectivity index (χ1) is 9.69. The van der Waals surface area contributed by atoms with Gasteiger partial charge in [-0.05, 0) is 35.9 Å². The summed E-state index contributed by atoms with van der Waals surface area (Å²) in [6.07, 6.45) is 3.26. The molecule has 0 aromatic heterocycles. The maximum Gasteiger partial charge on any atom is 0.248 e. The van der Waals surface area contributed by atoms with Crippen LogP contribution in [0.4, 0.5) is 5.69 Å². The molecule has 3 nitrogen and oxygen atoms in total. The van der Waals surface area contributed by atoms with Gasteiger partial charge in [-0.25, -0.2) is 0 Å². The number of methoxy groups -OCH3 is 1. The molecule has 0 aliphatic rings. The summed E-state index contributed by atoms with van der Waals surface area (Å²) in [6.45, 7) is 0. The summed E-state index contributed by atoms with van der Waals surface area (Å²) in [4.78, 5) is 11.9. The van der Waals surface area contributed by atoms with E-state index in [1.165, 1.54) is 6.08 Å². The molecule has 0 spiro atoms. The molecule has 0 fully saturated rings. The van der Waals surface area contributed by atoms with Gasteiger partial charge in [0.2, 0.25) is 5.91 Å². The summed E-state index contributed by atoms with van der Waals surface area (Å²) < 4.78 is 6.19. The molecular formula is C16H14BrNO2. The Balaban J connectivity index is 2.03. The van der Waals surface area contributed by atoms with Crippen molar-refractivity contribution in [2.24, 2.45) is 0 Å². The van der Waals surface area contributed by atoms with Crippen LogP contribution in [0.3, 0.4) is 0 Å². The lowest BCUT2D eigenvalue weighted by Crippen LogP contribution is -2.08. The third kappa shape index (κ3) is 3.96. The number of ether oxygens (including phenoxy) is 1. The predicted molar refractivity (Wildman–Crippen MR) is 84.8 cm³/mol. The number of halogens is 1. The van der Waals surface area contributed by atoms with Gasteiger partial charge < -0.3 is 10.1 Å². The fourth-order valence-electron chi connectivity index (χ4n) is 1.67. The lowest BCUT2D eigenvalue weighted by Gasteiger charge is -2.07. The van der Waals surface area contributed by atoms with E-state index in [0.717, 1.165) is 10.0 Å². The van der Waals surface area contributed by atoms with Gasteiger partial charge in [0.15, 0.2) is 0 Å². The molecule has 0 saturated heterocycles. The van der Waals surface area contributed by atoms with E-state index in [-0.39, 0.29) is 5.91 Å². The molecule has 0 aliphatic carbocycles. The topological polar surface area (TPSA) is 38.3 Å². The predicted octanol–water partition coefficient (Wildman–Crippen LogP) is 4.11. The Labute approximate surface area is 126 Å². The smallest absolute Gasteiger partial charge is 0.248 e. The second kappa shape index (κ2) is 6.91. The number of carbonyl (C=O) groups is 1. The highest BCUT2D eigenvalue weighted by Gasteiger charge is 2.03. The molecule has 2 rings (SSSR count). The second-order valence-corrected chi connectivity index (χ2v) is 4.99. The van der Waals surface area contributed by atoms with Gasteiger partial charge in [0, 0.05) is 10.5 Å². The van der Waals surface area contributed by atoms with Crippen LogP contribution in [0.1, 0.15) is 5.56 Å². The van der Waals surface area contributed by atoms with Crippen LogP contribution in [0.25, 0.3) is 6.08 Å². The third-order valence-electron chi connectivity index (χ3n) is 2.66. The molecule has 102 valence electrons. The highest BCUT2D eigenvalue weighted by atomic mass is 79.9. The highest BCUT2D eigenvalue weighted by molar-refractivity contribution is 9.10. The summed E-state index contributed by atoms with van der Waals surface area (Å²) in [5.74, 6) is 0.440. The summed E-state index contributed by atoms with van der Waals surface area (Å²) in [5.41, 5.74) is 1.61. The molecule has 2 aromatic rings. The van der Waals surface area contributed by atoms with E-state index in [9.17, 15) is 4.79 Å². The van der Waals surface area contributed by atoms with Crippen LogP contribution in [-0.2, 0) is 4.79 Å². The number of anilines is 1. The second-order valence-electron chi connectivity index (χ2n) is 4.07. The van der Waals surface area contributed by atoms with Crippen molar-refractivity contribution in [3.05, 3.63) is 64.6 Å². The average molecular weight is 332 g/mol. The molecule has 0 saturated carbocycles. The zero-order chi connectivity index (χ0) is 14.4. The van der Waals surface area contributed by atoms with Gasteiger partial charge in [-0.15, -0.1) is 0 Å². The monoisotopic (exact) mass is 331 g/mol. The lowest BCUT2D eigenvalue weighted by molar-refractivity contribution is -0.111. The van der Waals surface area contributed by atoms with Gasteiger partial charge in [-0.3, -0.25) is 4.79 Å². The Morgan fingerprint density at radius 3 is 2.55 bits per heavy atom.